The molecule has 3 N–H and O–H groups in total. The second-order valence-corrected chi connectivity index (χ2v) is 5.57. The molecule has 8 heteroatoms. The molecule has 0 aliphatic carbocycles. The van der Waals surface area contributed by atoms with E-state index in [2.05, 4.69) is 4.98 Å². The number of aldehydes is 1. The molecule has 1 aromatic rings. The molecular formula is C15H23N3O5. The third-order valence-electron chi connectivity index (χ3n) is 3.76. The Kier molecular flexibility index (Phi) is 6.69. The fourth-order valence-electron chi connectivity index (χ4n) is 2.49. The minimum Gasteiger partial charge on any atom is -0.390 e. The van der Waals surface area contributed by atoms with E-state index in [0.29, 0.717) is 19.4 Å². The van der Waals surface area contributed by atoms with E-state index in [0.717, 1.165) is 25.5 Å². The van der Waals surface area contributed by atoms with Crippen molar-refractivity contribution in [1.82, 2.24) is 9.55 Å². The lowest BCUT2D eigenvalue weighted by Gasteiger charge is -2.16. The zero-order valence-corrected chi connectivity index (χ0v) is 13.0. The van der Waals surface area contributed by atoms with E-state index in [1.807, 2.05) is 0 Å². The normalized spacial score (nSPS) is 24.0. The number of aliphatic hydroxyl groups excluding tert-OH is 1. The van der Waals surface area contributed by atoms with Gasteiger partial charge in [-0.05, 0) is 18.9 Å². The van der Waals surface area contributed by atoms with Gasteiger partial charge in [0.25, 0.3) is 0 Å². The van der Waals surface area contributed by atoms with Crippen LogP contribution in [0.3, 0.4) is 0 Å². The van der Waals surface area contributed by atoms with Gasteiger partial charge in [-0.2, -0.15) is 4.98 Å². The first-order chi connectivity index (χ1) is 11.1. The summed E-state index contributed by atoms with van der Waals surface area (Å²) in [5.74, 6) is 0.152. The van der Waals surface area contributed by atoms with Crippen molar-refractivity contribution < 1.29 is 19.4 Å². The van der Waals surface area contributed by atoms with Gasteiger partial charge in [0.2, 0.25) is 0 Å². The molecule has 1 aliphatic heterocycles. The van der Waals surface area contributed by atoms with Crippen molar-refractivity contribution in [3.05, 3.63) is 22.7 Å². The molecule has 1 saturated heterocycles. The third kappa shape index (κ3) is 5.12. The zero-order valence-electron chi connectivity index (χ0n) is 13.0. The van der Waals surface area contributed by atoms with Crippen molar-refractivity contribution in [2.24, 2.45) is 0 Å². The number of nitrogens with zero attached hydrogens (tertiary/aromatic N) is 2. The fourth-order valence-corrected chi connectivity index (χ4v) is 2.49. The fraction of sp³-hybridized carbons (Fsp3) is 0.667. The number of nitrogens with two attached hydrogens (primary N) is 1. The Morgan fingerprint density at radius 2 is 2.30 bits per heavy atom. The van der Waals surface area contributed by atoms with Gasteiger partial charge in [0.05, 0.1) is 12.7 Å². The molecule has 3 atom stereocenters. The summed E-state index contributed by atoms with van der Waals surface area (Å²) in [5, 5.41) is 10.0. The van der Waals surface area contributed by atoms with E-state index in [-0.39, 0.29) is 12.4 Å². The Bertz CT molecular complexity index is 562. The van der Waals surface area contributed by atoms with Gasteiger partial charge >= 0.3 is 5.69 Å². The Balaban J connectivity index is 1.75. The number of nitrogen functional groups attached to an aromatic ring is 1. The lowest BCUT2D eigenvalue weighted by atomic mass is 10.2. The van der Waals surface area contributed by atoms with Crippen molar-refractivity contribution in [2.45, 2.75) is 50.5 Å². The summed E-state index contributed by atoms with van der Waals surface area (Å²) >= 11 is 0. The van der Waals surface area contributed by atoms with Crippen LogP contribution in [-0.2, 0) is 14.3 Å². The van der Waals surface area contributed by atoms with Gasteiger partial charge < -0.3 is 25.1 Å². The molecule has 2 rings (SSSR count). The summed E-state index contributed by atoms with van der Waals surface area (Å²) in [6.07, 6.45) is 4.24. The third-order valence-corrected chi connectivity index (χ3v) is 3.76. The molecule has 0 unspecified atom stereocenters. The van der Waals surface area contributed by atoms with Crippen LogP contribution in [0.15, 0.2) is 17.1 Å². The summed E-state index contributed by atoms with van der Waals surface area (Å²) in [6, 6.07) is 1.51. The SMILES string of the molecule is Nc1ccn([C@H]2C[C@H](O)[C@@H](COCCCCCC=O)O2)c(=O)n1. The van der Waals surface area contributed by atoms with Crippen LogP contribution < -0.4 is 11.4 Å². The molecule has 8 nitrogen and oxygen atoms in total. The lowest BCUT2D eigenvalue weighted by molar-refractivity contribution is -0.107. The summed E-state index contributed by atoms with van der Waals surface area (Å²) in [6.45, 7) is 0.821. The van der Waals surface area contributed by atoms with Gasteiger partial charge in [-0.3, -0.25) is 4.57 Å². The Morgan fingerprint density at radius 1 is 1.48 bits per heavy atom. The number of carbonyl (C=O) groups excluding carboxylic acids is 1. The smallest absolute Gasteiger partial charge is 0.351 e. The maximum Gasteiger partial charge on any atom is 0.351 e. The van der Waals surface area contributed by atoms with E-state index in [1.54, 1.807) is 0 Å². The first-order valence-electron chi connectivity index (χ1n) is 7.81. The molecule has 0 radical (unpaired) electrons. The van der Waals surface area contributed by atoms with Crippen LogP contribution in [0.25, 0.3) is 0 Å². The van der Waals surface area contributed by atoms with Crippen molar-refractivity contribution in [2.75, 3.05) is 18.9 Å². The molecule has 0 amide bonds. The van der Waals surface area contributed by atoms with Crippen LogP contribution in [0.4, 0.5) is 5.82 Å². The van der Waals surface area contributed by atoms with Crippen LogP contribution in [0, 0.1) is 0 Å². The molecule has 0 aromatic carbocycles. The van der Waals surface area contributed by atoms with E-state index in [1.165, 1.54) is 16.8 Å². The highest BCUT2D eigenvalue weighted by Gasteiger charge is 2.35. The minimum absolute atomic E-state index is 0.152. The van der Waals surface area contributed by atoms with Crippen LogP contribution >= 0.6 is 0 Å². The maximum absolute atomic E-state index is 11.8. The van der Waals surface area contributed by atoms with Gasteiger partial charge in [0.1, 0.15) is 24.4 Å². The number of unbranched alkanes of at least 4 members (excludes halogenated alkanes) is 3. The first kappa shape index (κ1) is 17.6. The molecule has 2 heterocycles. The number of aliphatic hydroxyl groups is 1. The van der Waals surface area contributed by atoms with Crippen molar-refractivity contribution in [1.29, 1.82) is 0 Å². The molecule has 128 valence electrons. The highest BCUT2D eigenvalue weighted by atomic mass is 16.6. The number of rotatable bonds is 9. The van der Waals surface area contributed by atoms with Crippen molar-refractivity contribution in [3.8, 4) is 0 Å². The second kappa shape index (κ2) is 8.76. The molecule has 1 fully saturated rings. The number of carbonyl (C=O) groups is 1. The predicted molar refractivity (Wildman–Crippen MR) is 82.8 cm³/mol. The number of hydrogen-bond acceptors (Lipinski definition) is 7. The van der Waals surface area contributed by atoms with Crippen molar-refractivity contribution in [3.63, 3.8) is 0 Å². The molecule has 1 aliphatic rings. The van der Waals surface area contributed by atoms with Crippen LogP contribution in [0.2, 0.25) is 0 Å². The van der Waals surface area contributed by atoms with Gasteiger partial charge in [0.15, 0.2) is 0 Å². The minimum atomic E-state index is -0.695. The second-order valence-electron chi connectivity index (χ2n) is 5.57. The number of hydrogen-bond donors (Lipinski definition) is 2. The average molecular weight is 325 g/mol. The summed E-state index contributed by atoms with van der Waals surface area (Å²) in [4.78, 5) is 25.6. The number of aromatic nitrogens is 2. The van der Waals surface area contributed by atoms with E-state index in [4.69, 9.17) is 15.2 Å². The quantitative estimate of drug-likeness (QED) is 0.493. The largest absolute Gasteiger partial charge is 0.390 e. The molecule has 0 saturated carbocycles. The van der Waals surface area contributed by atoms with Crippen LogP contribution in [0.5, 0.6) is 0 Å². The Labute approximate surface area is 134 Å². The summed E-state index contributed by atoms with van der Waals surface area (Å²) in [5.41, 5.74) is 4.95. The standard InChI is InChI=1S/C15H23N3O5/c16-13-5-6-18(15(21)17-13)14-9-11(20)12(23-14)10-22-8-4-2-1-3-7-19/h5-7,11-12,14,20H,1-4,8-10H2,(H2,16,17,21)/t11-,12+,14+/m0/s1. The van der Waals surface area contributed by atoms with Crippen LogP contribution in [-0.4, -0.2) is 46.4 Å². The van der Waals surface area contributed by atoms with Crippen molar-refractivity contribution >= 4 is 12.1 Å². The van der Waals surface area contributed by atoms with Gasteiger partial charge in [-0.1, -0.05) is 6.42 Å². The van der Waals surface area contributed by atoms with E-state index < -0.39 is 24.1 Å². The zero-order chi connectivity index (χ0) is 16.7. The average Bonchev–Trinajstić information content (AvgIpc) is 2.87. The highest BCUT2D eigenvalue weighted by molar-refractivity contribution is 5.48. The predicted octanol–water partition coefficient (Wildman–Crippen LogP) is 0.250. The molecule has 23 heavy (non-hydrogen) atoms. The van der Waals surface area contributed by atoms with Gasteiger partial charge in [0, 0.05) is 25.6 Å². The molecule has 1 aromatic heterocycles. The van der Waals surface area contributed by atoms with Gasteiger partial charge in [-0.25, -0.2) is 4.79 Å². The number of ether oxygens (including phenoxy) is 2. The van der Waals surface area contributed by atoms with Crippen LogP contribution in [0.1, 0.15) is 38.3 Å². The first-order valence-corrected chi connectivity index (χ1v) is 7.81. The molecular weight excluding hydrogens is 302 g/mol. The number of anilines is 1. The lowest BCUT2D eigenvalue weighted by Crippen LogP contribution is -2.28. The molecule has 0 bridgehead atoms. The Morgan fingerprint density at radius 3 is 3.04 bits per heavy atom. The van der Waals surface area contributed by atoms with E-state index in [9.17, 15) is 14.7 Å². The summed E-state index contributed by atoms with van der Waals surface area (Å²) < 4.78 is 12.5. The summed E-state index contributed by atoms with van der Waals surface area (Å²) in [7, 11) is 0. The monoisotopic (exact) mass is 325 g/mol. The molecule has 0 spiro atoms. The van der Waals surface area contributed by atoms with Gasteiger partial charge in [-0.15, -0.1) is 0 Å². The highest BCUT2D eigenvalue weighted by Crippen LogP contribution is 2.27. The van der Waals surface area contributed by atoms with E-state index >= 15 is 0 Å². The topological polar surface area (TPSA) is 117 Å². The maximum atomic E-state index is 11.8. The Hall–Kier alpha value is -1.77.